The molecule has 0 spiro atoms. The lowest BCUT2D eigenvalue weighted by molar-refractivity contribution is -0.119. The smallest absolute Gasteiger partial charge is 0.239 e. The first kappa shape index (κ1) is 15.8. The molecule has 0 unspecified atom stereocenters. The van der Waals surface area contributed by atoms with E-state index in [0.29, 0.717) is 18.1 Å². The molecule has 2 N–H and O–H groups in total. The highest BCUT2D eigenvalue weighted by Crippen LogP contribution is 2.23. The average Bonchev–Trinajstić information content (AvgIpc) is 2.38. The predicted octanol–water partition coefficient (Wildman–Crippen LogP) is 2.02. The molecular formula is C14H22ClN3O. The number of hydrogen-bond donors (Lipinski definition) is 2. The summed E-state index contributed by atoms with van der Waals surface area (Å²) >= 11 is 6.03. The van der Waals surface area contributed by atoms with Gasteiger partial charge in [-0.25, -0.2) is 0 Å². The average molecular weight is 284 g/mol. The number of anilines is 1. The Morgan fingerprint density at radius 2 is 2.16 bits per heavy atom. The second-order valence-electron chi connectivity index (χ2n) is 4.51. The Morgan fingerprint density at radius 3 is 2.79 bits per heavy atom. The van der Waals surface area contributed by atoms with Crippen LogP contribution in [-0.2, 0) is 11.3 Å². The van der Waals surface area contributed by atoms with Gasteiger partial charge in [-0.2, -0.15) is 0 Å². The maximum atomic E-state index is 11.7. The van der Waals surface area contributed by atoms with Crippen molar-refractivity contribution in [2.45, 2.75) is 19.9 Å². The first-order valence-corrected chi connectivity index (χ1v) is 6.87. The lowest BCUT2D eigenvalue weighted by Gasteiger charge is -2.22. The number of hydrogen-bond acceptors (Lipinski definition) is 3. The van der Waals surface area contributed by atoms with E-state index in [1.54, 1.807) is 0 Å². The first-order chi connectivity index (χ1) is 9.08. The van der Waals surface area contributed by atoms with Crippen LogP contribution in [0.25, 0.3) is 0 Å². The highest BCUT2D eigenvalue weighted by atomic mass is 35.5. The number of nitrogens with one attached hydrogen (secondary N) is 2. The number of amides is 1. The van der Waals surface area contributed by atoms with Gasteiger partial charge in [0.05, 0.1) is 6.54 Å². The van der Waals surface area contributed by atoms with Gasteiger partial charge in [0, 0.05) is 30.8 Å². The second-order valence-corrected chi connectivity index (χ2v) is 4.95. The summed E-state index contributed by atoms with van der Waals surface area (Å²) in [6, 6.07) is 5.73. The molecule has 1 rings (SSSR count). The zero-order chi connectivity index (χ0) is 14.3. The minimum absolute atomic E-state index is 0.0275. The molecule has 0 saturated heterocycles. The lowest BCUT2D eigenvalue weighted by Crippen LogP contribution is -2.36. The second kappa shape index (κ2) is 8.02. The minimum atomic E-state index is 0.0275. The van der Waals surface area contributed by atoms with E-state index in [1.807, 2.05) is 44.1 Å². The van der Waals surface area contributed by atoms with E-state index < -0.39 is 0 Å². The van der Waals surface area contributed by atoms with Crippen molar-refractivity contribution in [2.75, 3.05) is 32.1 Å². The standard InChI is InChI=1S/C14H22ClN3O/c1-4-7-17-14(19)10-18(3)13-8-12(15)6-5-11(13)9-16-2/h5-6,8,16H,4,7,9-10H2,1-3H3,(H,17,19). The van der Waals surface area contributed by atoms with Crippen molar-refractivity contribution in [3.63, 3.8) is 0 Å². The van der Waals surface area contributed by atoms with Gasteiger partial charge in [0.2, 0.25) is 5.91 Å². The summed E-state index contributed by atoms with van der Waals surface area (Å²) in [7, 11) is 3.79. The quantitative estimate of drug-likeness (QED) is 0.805. The van der Waals surface area contributed by atoms with Crippen molar-refractivity contribution in [1.29, 1.82) is 0 Å². The molecule has 0 aromatic heterocycles. The van der Waals surface area contributed by atoms with Gasteiger partial charge >= 0.3 is 0 Å². The summed E-state index contributed by atoms with van der Waals surface area (Å²) in [5, 5.41) is 6.66. The fourth-order valence-electron chi connectivity index (χ4n) is 1.85. The lowest BCUT2D eigenvalue weighted by atomic mass is 10.1. The van der Waals surface area contributed by atoms with Gasteiger partial charge in [0.25, 0.3) is 0 Å². The number of halogens is 1. The van der Waals surface area contributed by atoms with Gasteiger partial charge in [-0.3, -0.25) is 4.79 Å². The van der Waals surface area contributed by atoms with Crippen LogP contribution in [0.5, 0.6) is 0 Å². The van der Waals surface area contributed by atoms with Crippen LogP contribution in [0.15, 0.2) is 18.2 Å². The summed E-state index contributed by atoms with van der Waals surface area (Å²) in [6.45, 7) is 3.82. The van der Waals surface area contributed by atoms with E-state index in [-0.39, 0.29) is 5.91 Å². The van der Waals surface area contributed by atoms with E-state index in [9.17, 15) is 4.79 Å². The van der Waals surface area contributed by atoms with Crippen molar-refractivity contribution in [1.82, 2.24) is 10.6 Å². The number of rotatable bonds is 7. The van der Waals surface area contributed by atoms with Crippen LogP contribution >= 0.6 is 11.6 Å². The monoisotopic (exact) mass is 283 g/mol. The van der Waals surface area contributed by atoms with E-state index >= 15 is 0 Å². The third kappa shape index (κ3) is 5.09. The highest BCUT2D eigenvalue weighted by molar-refractivity contribution is 6.30. The third-order valence-corrected chi connectivity index (χ3v) is 3.01. The van der Waals surface area contributed by atoms with E-state index in [1.165, 1.54) is 0 Å². The Bertz CT molecular complexity index is 423. The van der Waals surface area contributed by atoms with Gasteiger partial charge in [0.15, 0.2) is 0 Å². The fourth-order valence-corrected chi connectivity index (χ4v) is 2.02. The molecule has 1 aromatic rings. The van der Waals surface area contributed by atoms with Crippen molar-refractivity contribution in [2.24, 2.45) is 0 Å². The van der Waals surface area contributed by atoms with Crippen molar-refractivity contribution in [3.05, 3.63) is 28.8 Å². The van der Waals surface area contributed by atoms with Gasteiger partial charge in [-0.15, -0.1) is 0 Å². The molecule has 0 fully saturated rings. The topological polar surface area (TPSA) is 44.4 Å². The zero-order valence-corrected chi connectivity index (χ0v) is 12.5. The third-order valence-electron chi connectivity index (χ3n) is 2.78. The Morgan fingerprint density at radius 1 is 1.42 bits per heavy atom. The van der Waals surface area contributed by atoms with Crippen molar-refractivity contribution < 1.29 is 4.79 Å². The van der Waals surface area contributed by atoms with Crippen LogP contribution in [0.3, 0.4) is 0 Å². The molecular weight excluding hydrogens is 262 g/mol. The maximum absolute atomic E-state index is 11.7. The van der Waals surface area contributed by atoms with E-state index in [4.69, 9.17) is 11.6 Å². The summed E-state index contributed by atoms with van der Waals surface area (Å²) in [5.41, 5.74) is 2.10. The molecule has 1 aromatic carbocycles. The van der Waals surface area contributed by atoms with Crippen LogP contribution in [0.4, 0.5) is 5.69 Å². The Labute approximate surface area is 120 Å². The predicted molar refractivity (Wildman–Crippen MR) is 80.8 cm³/mol. The van der Waals surface area contributed by atoms with Gasteiger partial charge in [0.1, 0.15) is 0 Å². The largest absolute Gasteiger partial charge is 0.365 e. The summed E-state index contributed by atoms with van der Waals surface area (Å²) in [6.07, 6.45) is 0.942. The Kier molecular flexibility index (Phi) is 6.67. The molecule has 1 amide bonds. The molecule has 0 aliphatic rings. The van der Waals surface area contributed by atoms with Crippen LogP contribution in [-0.4, -0.2) is 33.1 Å². The van der Waals surface area contributed by atoms with E-state index in [0.717, 1.165) is 24.2 Å². The molecule has 19 heavy (non-hydrogen) atoms. The summed E-state index contributed by atoms with van der Waals surface area (Å²) < 4.78 is 0. The molecule has 4 nitrogen and oxygen atoms in total. The fraction of sp³-hybridized carbons (Fsp3) is 0.500. The number of nitrogens with zero attached hydrogens (tertiary/aromatic N) is 1. The van der Waals surface area contributed by atoms with Crippen molar-refractivity contribution in [3.8, 4) is 0 Å². The van der Waals surface area contributed by atoms with E-state index in [2.05, 4.69) is 10.6 Å². The summed E-state index contributed by atoms with van der Waals surface area (Å²) in [5.74, 6) is 0.0275. The summed E-state index contributed by atoms with van der Waals surface area (Å²) in [4.78, 5) is 13.7. The Balaban J connectivity index is 2.76. The molecule has 5 heteroatoms. The maximum Gasteiger partial charge on any atom is 0.239 e. The molecule has 0 heterocycles. The number of benzene rings is 1. The van der Waals surface area contributed by atoms with Crippen LogP contribution in [0.1, 0.15) is 18.9 Å². The molecule has 0 saturated carbocycles. The molecule has 0 radical (unpaired) electrons. The van der Waals surface area contributed by atoms with Gasteiger partial charge < -0.3 is 15.5 Å². The number of carbonyl (C=O) groups is 1. The zero-order valence-electron chi connectivity index (χ0n) is 11.8. The first-order valence-electron chi connectivity index (χ1n) is 6.49. The van der Waals surface area contributed by atoms with Crippen LogP contribution in [0.2, 0.25) is 5.02 Å². The number of carbonyl (C=O) groups excluding carboxylic acids is 1. The Hall–Kier alpha value is -1.26. The van der Waals surface area contributed by atoms with Gasteiger partial charge in [-0.1, -0.05) is 24.6 Å². The normalized spacial score (nSPS) is 10.3. The highest BCUT2D eigenvalue weighted by Gasteiger charge is 2.11. The molecule has 0 atom stereocenters. The minimum Gasteiger partial charge on any atom is -0.365 e. The van der Waals surface area contributed by atoms with Crippen LogP contribution in [0, 0.1) is 0 Å². The molecule has 0 aliphatic carbocycles. The van der Waals surface area contributed by atoms with Gasteiger partial charge in [-0.05, 0) is 31.2 Å². The molecule has 106 valence electrons. The number of likely N-dealkylation sites (N-methyl/N-ethyl adjacent to an activating group) is 1. The molecule has 0 aliphatic heterocycles. The molecule has 0 bridgehead atoms. The van der Waals surface area contributed by atoms with Crippen LogP contribution < -0.4 is 15.5 Å². The SMILES string of the molecule is CCCNC(=O)CN(C)c1cc(Cl)ccc1CNC. The van der Waals surface area contributed by atoms with Crippen molar-refractivity contribution >= 4 is 23.2 Å².